The monoisotopic (exact) mass is 261 g/mol. The Morgan fingerprint density at radius 2 is 2.26 bits per heavy atom. The normalized spacial score (nSPS) is 14.2. The zero-order chi connectivity index (χ0) is 13.7. The van der Waals surface area contributed by atoms with E-state index in [9.17, 15) is 4.79 Å². The Balaban J connectivity index is 2.09. The van der Waals surface area contributed by atoms with Gasteiger partial charge in [0.2, 0.25) is 0 Å². The van der Waals surface area contributed by atoms with Crippen molar-refractivity contribution in [1.29, 1.82) is 0 Å². The van der Waals surface area contributed by atoms with Crippen LogP contribution in [0.5, 0.6) is 0 Å². The first-order valence-electron chi connectivity index (χ1n) is 7.27. The van der Waals surface area contributed by atoms with Gasteiger partial charge in [-0.2, -0.15) is 0 Å². The topological polar surface area (TPSA) is 45.2 Å². The molecule has 0 atom stereocenters. The van der Waals surface area contributed by atoms with Crippen LogP contribution in [0.25, 0.3) is 0 Å². The van der Waals surface area contributed by atoms with Crippen molar-refractivity contribution in [2.45, 2.75) is 45.6 Å². The fourth-order valence-corrected chi connectivity index (χ4v) is 2.17. The molecule has 1 saturated carbocycles. The van der Waals surface area contributed by atoms with Crippen LogP contribution >= 0.6 is 0 Å². The smallest absolute Gasteiger partial charge is 0.254 e. The summed E-state index contributed by atoms with van der Waals surface area (Å²) in [5, 5.41) is 3.15. The molecule has 0 saturated heterocycles. The van der Waals surface area contributed by atoms with Crippen LogP contribution < -0.4 is 5.32 Å². The Morgan fingerprint density at radius 1 is 1.47 bits per heavy atom. The maximum atomic E-state index is 12.6. The number of unbranched alkanes of at least 4 members (excludes halogenated alkanes) is 1. The molecular weight excluding hydrogens is 238 g/mol. The van der Waals surface area contributed by atoms with Gasteiger partial charge in [0.05, 0.1) is 0 Å². The molecule has 0 unspecified atom stereocenters. The Morgan fingerprint density at radius 3 is 2.89 bits per heavy atom. The van der Waals surface area contributed by atoms with E-state index in [1.165, 1.54) is 0 Å². The van der Waals surface area contributed by atoms with Crippen molar-refractivity contribution in [3.05, 3.63) is 23.9 Å². The van der Waals surface area contributed by atoms with E-state index in [2.05, 4.69) is 17.2 Å². The molecule has 19 heavy (non-hydrogen) atoms. The van der Waals surface area contributed by atoms with Crippen molar-refractivity contribution in [2.24, 2.45) is 0 Å². The summed E-state index contributed by atoms with van der Waals surface area (Å²) in [6.45, 7) is 5.87. The van der Waals surface area contributed by atoms with E-state index < -0.39 is 0 Å². The van der Waals surface area contributed by atoms with Crippen LogP contribution in [0.2, 0.25) is 0 Å². The molecule has 1 aromatic rings. The van der Waals surface area contributed by atoms with Crippen LogP contribution in [0.15, 0.2) is 18.3 Å². The quantitative estimate of drug-likeness (QED) is 0.821. The van der Waals surface area contributed by atoms with Crippen LogP contribution in [-0.2, 0) is 0 Å². The predicted molar refractivity (Wildman–Crippen MR) is 77.4 cm³/mol. The summed E-state index contributed by atoms with van der Waals surface area (Å²) >= 11 is 0. The zero-order valence-corrected chi connectivity index (χ0v) is 11.9. The number of aromatic nitrogens is 1. The van der Waals surface area contributed by atoms with Gasteiger partial charge in [-0.3, -0.25) is 4.79 Å². The maximum Gasteiger partial charge on any atom is 0.254 e. The van der Waals surface area contributed by atoms with Crippen LogP contribution in [0.3, 0.4) is 0 Å². The number of nitrogens with zero attached hydrogens (tertiary/aromatic N) is 2. The summed E-state index contributed by atoms with van der Waals surface area (Å²) in [6, 6.07) is 4.13. The summed E-state index contributed by atoms with van der Waals surface area (Å²) < 4.78 is 0. The molecule has 1 amide bonds. The van der Waals surface area contributed by atoms with Gasteiger partial charge < -0.3 is 10.2 Å². The first-order valence-corrected chi connectivity index (χ1v) is 7.27. The minimum absolute atomic E-state index is 0.150. The van der Waals surface area contributed by atoms with Crippen molar-refractivity contribution in [2.75, 3.05) is 18.4 Å². The third-order valence-electron chi connectivity index (χ3n) is 3.37. The molecule has 4 heteroatoms. The standard InChI is InChI=1S/C15H23N3O/c1-3-5-10-18(13-6-7-13)15(19)12-8-9-17-14(11-12)16-4-2/h8-9,11,13H,3-7,10H2,1-2H3,(H,16,17). The average molecular weight is 261 g/mol. The van der Waals surface area contributed by atoms with E-state index in [1.54, 1.807) is 6.20 Å². The highest BCUT2D eigenvalue weighted by Crippen LogP contribution is 2.28. The van der Waals surface area contributed by atoms with Crippen molar-refractivity contribution < 1.29 is 4.79 Å². The lowest BCUT2D eigenvalue weighted by molar-refractivity contribution is 0.0740. The van der Waals surface area contributed by atoms with Gasteiger partial charge in [-0.15, -0.1) is 0 Å². The second-order valence-electron chi connectivity index (χ2n) is 5.04. The van der Waals surface area contributed by atoms with Gasteiger partial charge >= 0.3 is 0 Å². The second-order valence-corrected chi connectivity index (χ2v) is 5.04. The molecule has 0 spiro atoms. The second kappa shape index (κ2) is 6.55. The van der Waals surface area contributed by atoms with Crippen LogP contribution in [0.4, 0.5) is 5.82 Å². The molecule has 4 nitrogen and oxygen atoms in total. The Hall–Kier alpha value is -1.58. The fraction of sp³-hybridized carbons (Fsp3) is 0.600. The van der Waals surface area contributed by atoms with Crippen molar-refractivity contribution in [3.63, 3.8) is 0 Å². The van der Waals surface area contributed by atoms with E-state index >= 15 is 0 Å². The van der Waals surface area contributed by atoms with Crippen LogP contribution in [0.1, 0.15) is 49.9 Å². The number of anilines is 1. The molecule has 104 valence electrons. The molecule has 1 N–H and O–H groups in total. The van der Waals surface area contributed by atoms with Gasteiger partial charge in [-0.25, -0.2) is 4.98 Å². The highest BCUT2D eigenvalue weighted by molar-refractivity contribution is 5.95. The van der Waals surface area contributed by atoms with Crippen LogP contribution in [0, 0.1) is 0 Å². The number of carbonyl (C=O) groups excluding carboxylic acids is 1. The summed E-state index contributed by atoms with van der Waals surface area (Å²) in [5.41, 5.74) is 0.744. The number of hydrogen-bond acceptors (Lipinski definition) is 3. The first kappa shape index (κ1) is 13.8. The van der Waals surface area contributed by atoms with Crippen molar-refractivity contribution in [1.82, 2.24) is 9.88 Å². The average Bonchev–Trinajstić information content (AvgIpc) is 3.24. The first-order chi connectivity index (χ1) is 9.26. The van der Waals surface area contributed by atoms with E-state index in [0.717, 1.165) is 50.2 Å². The molecule has 0 aromatic carbocycles. The molecule has 1 heterocycles. The summed E-state index contributed by atoms with van der Waals surface area (Å²) in [4.78, 5) is 18.8. The van der Waals surface area contributed by atoms with Crippen LogP contribution in [-0.4, -0.2) is 34.9 Å². The van der Waals surface area contributed by atoms with E-state index in [-0.39, 0.29) is 5.91 Å². The molecule has 0 aliphatic heterocycles. The largest absolute Gasteiger partial charge is 0.370 e. The Labute approximate surface area is 115 Å². The van der Waals surface area contributed by atoms with E-state index in [0.29, 0.717) is 6.04 Å². The van der Waals surface area contributed by atoms with Gasteiger partial charge in [0, 0.05) is 30.9 Å². The number of rotatable bonds is 7. The van der Waals surface area contributed by atoms with Gasteiger partial charge in [0.1, 0.15) is 5.82 Å². The molecule has 0 radical (unpaired) electrons. The summed E-state index contributed by atoms with van der Waals surface area (Å²) in [5.74, 6) is 0.928. The summed E-state index contributed by atoms with van der Waals surface area (Å²) in [7, 11) is 0. The van der Waals surface area contributed by atoms with E-state index in [1.807, 2.05) is 24.0 Å². The molecular formula is C15H23N3O. The predicted octanol–water partition coefficient (Wildman–Crippen LogP) is 2.92. The minimum atomic E-state index is 0.150. The van der Waals surface area contributed by atoms with Gasteiger partial charge in [0.25, 0.3) is 5.91 Å². The minimum Gasteiger partial charge on any atom is -0.370 e. The maximum absolute atomic E-state index is 12.6. The lowest BCUT2D eigenvalue weighted by Crippen LogP contribution is -2.34. The molecule has 1 aliphatic rings. The van der Waals surface area contributed by atoms with Gasteiger partial charge in [-0.1, -0.05) is 13.3 Å². The van der Waals surface area contributed by atoms with Gasteiger partial charge in [0.15, 0.2) is 0 Å². The lowest BCUT2D eigenvalue weighted by atomic mass is 10.2. The number of pyridine rings is 1. The molecule has 1 aromatic heterocycles. The third kappa shape index (κ3) is 3.69. The number of nitrogens with one attached hydrogen (secondary N) is 1. The SMILES string of the molecule is CCCCN(C(=O)c1ccnc(NCC)c1)C1CC1. The van der Waals surface area contributed by atoms with Crippen molar-refractivity contribution in [3.8, 4) is 0 Å². The summed E-state index contributed by atoms with van der Waals surface area (Å²) in [6.07, 6.45) is 6.21. The Kier molecular flexibility index (Phi) is 4.77. The number of carbonyl (C=O) groups is 1. The highest BCUT2D eigenvalue weighted by atomic mass is 16.2. The lowest BCUT2D eigenvalue weighted by Gasteiger charge is -2.22. The molecule has 1 aliphatic carbocycles. The highest BCUT2D eigenvalue weighted by Gasteiger charge is 2.32. The number of hydrogen-bond donors (Lipinski definition) is 1. The van der Waals surface area contributed by atoms with Crippen molar-refractivity contribution >= 4 is 11.7 Å². The zero-order valence-electron chi connectivity index (χ0n) is 11.9. The molecule has 2 rings (SSSR count). The third-order valence-corrected chi connectivity index (χ3v) is 3.37. The Bertz CT molecular complexity index is 429. The molecule has 1 fully saturated rings. The van der Waals surface area contributed by atoms with Gasteiger partial charge in [-0.05, 0) is 38.3 Å². The van der Waals surface area contributed by atoms with E-state index in [4.69, 9.17) is 0 Å². The molecule has 0 bridgehead atoms. The fourth-order valence-electron chi connectivity index (χ4n) is 2.17. The number of amides is 1.